The minimum absolute atomic E-state index is 0.0861. The molecule has 2 aliphatic rings. The first kappa shape index (κ1) is 15.5. The number of nitrogens with zero attached hydrogens (tertiary/aromatic N) is 3. The highest BCUT2D eigenvalue weighted by Crippen LogP contribution is 2.33. The summed E-state index contributed by atoms with van der Waals surface area (Å²) in [5, 5.41) is 7.58. The van der Waals surface area contributed by atoms with Gasteiger partial charge in [-0.1, -0.05) is 18.0 Å². The number of ether oxygens (including phenoxy) is 1. The second-order valence-corrected chi connectivity index (χ2v) is 7.84. The van der Waals surface area contributed by atoms with E-state index in [0.29, 0.717) is 24.4 Å². The molecule has 1 unspecified atom stereocenters. The summed E-state index contributed by atoms with van der Waals surface area (Å²) in [6, 6.07) is 9.17. The van der Waals surface area contributed by atoms with Crippen molar-refractivity contribution in [2.24, 2.45) is 0 Å². The second kappa shape index (κ2) is 6.52. The molecule has 0 N–H and O–H groups in total. The zero-order chi connectivity index (χ0) is 16.6. The van der Waals surface area contributed by atoms with Crippen molar-refractivity contribution in [3.8, 4) is 11.4 Å². The molecule has 3 heterocycles. The Morgan fingerprint density at radius 3 is 3.00 bits per heavy atom. The predicted octanol–water partition coefficient (Wildman–Crippen LogP) is 4.27. The van der Waals surface area contributed by atoms with Gasteiger partial charge in [0.15, 0.2) is 0 Å². The lowest BCUT2D eigenvalue weighted by Crippen LogP contribution is -2.44. The first-order chi connectivity index (χ1) is 12.4. The normalized spacial score (nSPS) is 22.8. The maximum absolute atomic E-state index is 5.72. The van der Waals surface area contributed by atoms with Crippen LogP contribution in [-0.2, 0) is 4.74 Å². The Morgan fingerprint density at radius 1 is 1.16 bits per heavy atom. The molecule has 3 aromatic rings. The molecular weight excluding hydrogens is 334 g/mol. The van der Waals surface area contributed by atoms with Crippen molar-refractivity contribution in [2.45, 2.75) is 37.8 Å². The number of hydrogen-bond donors (Lipinski definition) is 0. The van der Waals surface area contributed by atoms with E-state index in [1.54, 1.807) is 11.3 Å². The maximum atomic E-state index is 5.72. The number of morpholine rings is 1. The van der Waals surface area contributed by atoms with Gasteiger partial charge < -0.3 is 9.26 Å². The van der Waals surface area contributed by atoms with Gasteiger partial charge in [-0.2, -0.15) is 4.98 Å². The third-order valence-corrected chi connectivity index (χ3v) is 6.30. The third kappa shape index (κ3) is 2.88. The van der Waals surface area contributed by atoms with Crippen LogP contribution >= 0.6 is 11.3 Å². The van der Waals surface area contributed by atoms with E-state index in [4.69, 9.17) is 14.2 Å². The molecule has 0 radical (unpaired) electrons. The van der Waals surface area contributed by atoms with E-state index in [1.807, 2.05) is 0 Å². The standard InChI is InChI=1S/C19H21N3O2S/c1-2-4-15(3-1)22-8-9-23-12-16(22)19-20-18(21-24-19)14-5-6-17-13(11-14)7-10-25-17/h5-7,10-11,15-16H,1-4,8-9,12H2. The van der Waals surface area contributed by atoms with E-state index >= 15 is 0 Å². The van der Waals surface area contributed by atoms with E-state index in [1.165, 1.54) is 35.8 Å². The first-order valence-corrected chi connectivity index (χ1v) is 9.91. The number of aromatic nitrogens is 2. The van der Waals surface area contributed by atoms with Crippen molar-refractivity contribution in [1.29, 1.82) is 0 Å². The summed E-state index contributed by atoms with van der Waals surface area (Å²) in [6.45, 7) is 2.39. The molecule has 130 valence electrons. The van der Waals surface area contributed by atoms with E-state index in [0.717, 1.165) is 18.7 Å². The molecule has 5 nitrogen and oxygen atoms in total. The lowest BCUT2D eigenvalue weighted by atomic mass is 10.1. The lowest BCUT2D eigenvalue weighted by molar-refractivity contribution is -0.0397. The molecule has 25 heavy (non-hydrogen) atoms. The first-order valence-electron chi connectivity index (χ1n) is 9.03. The lowest BCUT2D eigenvalue weighted by Gasteiger charge is -2.37. The number of rotatable bonds is 3. The van der Waals surface area contributed by atoms with Gasteiger partial charge in [0.1, 0.15) is 6.04 Å². The van der Waals surface area contributed by atoms with Gasteiger partial charge in [0, 0.05) is 22.8 Å². The van der Waals surface area contributed by atoms with Crippen molar-refractivity contribution in [2.75, 3.05) is 19.8 Å². The zero-order valence-electron chi connectivity index (χ0n) is 14.1. The average molecular weight is 355 g/mol. The van der Waals surface area contributed by atoms with Crippen LogP contribution in [0.1, 0.15) is 37.6 Å². The molecule has 1 aliphatic heterocycles. The predicted molar refractivity (Wildman–Crippen MR) is 97.6 cm³/mol. The zero-order valence-corrected chi connectivity index (χ0v) is 14.9. The van der Waals surface area contributed by atoms with Crippen LogP contribution in [0.25, 0.3) is 21.5 Å². The minimum atomic E-state index is 0.0861. The van der Waals surface area contributed by atoms with Crippen molar-refractivity contribution in [1.82, 2.24) is 15.0 Å². The summed E-state index contributed by atoms with van der Waals surface area (Å²) in [7, 11) is 0. The van der Waals surface area contributed by atoms with Crippen LogP contribution in [0, 0.1) is 0 Å². The molecule has 1 aromatic carbocycles. The van der Waals surface area contributed by atoms with E-state index in [9.17, 15) is 0 Å². The summed E-state index contributed by atoms with van der Waals surface area (Å²) in [5.41, 5.74) is 1.00. The van der Waals surface area contributed by atoms with Gasteiger partial charge in [-0.25, -0.2) is 0 Å². The Labute approximate surface area is 150 Å². The summed E-state index contributed by atoms with van der Waals surface area (Å²) in [4.78, 5) is 7.24. The minimum Gasteiger partial charge on any atom is -0.378 e. The molecule has 1 saturated heterocycles. The molecule has 1 aliphatic carbocycles. The van der Waals surface area contributed by atoms with Crippen LogP contribution in [0.2, 0.25) is 0 Å². The second-order valence-electron chi connectivity index (χ2n) is 6.90. The van der Waals surface area contributed by atoms with Gasteiger partial charge >= 0.3 is 0 Å². The van der Waals surface area contributed by atoms with Crippen LogP contribution in [0.4, 0.5) is 0 Å². The monoisotopic (exact) mass is 355 g/mol. The molecular formula is C19H21N3O2S. The van der Waals surface area contributed by atoms with Gasteiger partial charge in [0.05, 0.1) is 13.2 Å². The fourth-order valence-electron chi connectivity index (χ4n) is 4.10. The summed E-state index contributed by atoms with van der Waals surface area (Å²) >= 11 is 1.75. The van der Waals surface area contributed by atoms with Crippen molar-refractivity contribution in [3.05, 3.63) is 35.5 Å². The number of hydrogen-bond acceptors (Lipinski definition) is 6. The van der Waals surface area contributed by atoms with Gasteiger partial charge in [0.2, 0.25) is 11.7 Å². The molecule has 2 aromatic heterocycles. The average Bonchev–Trinajstić information content (AvgIpc) is 3.42. The molecule has 1 saturated carbocycles. The highest BCUT2D eigenvalue weighted by Gasteiger charge is 2.35. The smallest absolute Gasteiger partial charge is 0.246 e. The highest BCUT2D eigenvalue weighted by molar-refractivity contribution is 7.17. The van der Waals surface area contributed by atoms with Crippen LogP contribution in [-0.4, -0.2) is 40.8 Å². The van der Waals surface area contributed by atoms with Gasteiger partial charge in [0.25, 0.3) is 0 Å². The highest BCUT2D eigenvalue weighted by atomic mass is 32.1. The third-order valence-electron chi connectivity index (χ3n) is 5.40. The Morgan fingerprint density at radius 2 is 2.08 bits per heavy atom. The summed E-state index contributed by atoms with van der Waals surface area (Å²) < 4.78 is 12.7. The van der Waals surface area contributed by atoms with E-state index in [-0.39, 0.29) is 6.04 Å². The van der Waals surface area contributed by atoms with Gasteiger partial charge in [-0.05, 0) is 47.9 Å². The van der Waals surface area contributed by atoms with Gasteiger partial charge in [-0.15, -0.1) is 11.3 Å². The van der Waals surface area contributed by atoms with Crippen LogP contribution in [0.5, 0.6) is 0 Å². The van der Waals surface area contributed by atoms with Gasteiger partial charge in [-0.3, -0.25) is 4.90 Å². The molecule has 0 bridgehead atoms. The number of benzene rings is 1. The summed E-state index contributed by atoms with van der Waals surface area (Å²) in [5.74, 6) is 1.35. The fourth-order valence-corrected chi connectivity index (χ4v) is 4.87. The largest absolute Gasteiger partial charge is 0.378 e. The SMILES string of the molecule is c1cc2cc(-c3noc(C4COCCN4C4CCCC4)n3)ccc2s1. The number of fused-ring (bicyclic) bond motifs is 1. The maximum Gasteiger partial charge on any atom is 0.246 e. The molecule has 0 spiro atoms. The Bertz CT molecular complexity index is 868. The van der Waals surface area contributed by atoms with Crippen molar-refractivity contribution in [3.63, 3.8) is 0 Å². The topological polar surface area (TPSA) is 51.4 Å². The van der Waals surface area contributed by atoms with E-state index < -0.39 is 0 Å². The van der Waals surface area contributed by atoms with Crippen molar-refractivity contribution >= 4 is 21.4 Å². The van der Waals surface area contributed by atoms with Crippen LogP contribution in [0.15, 0.2) is 34.2 Å². The molecule has 2 fully saturated rings. The fraction of sp³-hybridized carbons (Fsp3) is 0.474. The van der Waals surface area contributed by atoms with Crippen LogP contribution in [0.3, 0.4) is 0 Å². The quantitative estimate of drug-likeness (QED) is 0.702. The molecule has 1 atom stereocenters. The summed E-state index contributed by atoms with van der Waals surface area (Å²) in [6.07, 6.45) is 5.19. The molecule has 6 heteroatoms. The molecule has 5 rings (SSSR count). The van der Waals surface area contributed by atoms with Crippen molar-refractivity contribution < 1.29 is 9.26 Å². The van der Waals surface area contributed by atoms with Crippen LogP contribution < -0.4 is 0 Å². The Balaban J connectivity index is 1.44. The molecule has 0 amide bonds. The van der Waals surface area contributed by atoms with E-state index in [2.05, 4.69) is 39.7 Å². The Hall–Kier alpha value is -1.76. The number of thiophene rings is 1. The Kier molecular flexibility index (Phi) is 4.04.